The van der Waals surface area contributed by atoms with Crippen molar-refractivity contribution in [2.24, 2.45) is 11.7 Å². The molecular weight excluding hydrogens is 463 g/mol. The SMILES string of the molecule is CCCN(CCCN)c1ncc(Cl)c(N2CC(C(=O)NCc3cnc4cc(Cl)ccn34)C2)n1. The number of nitrogens with one attached hydrogen (secondary N) is 1. The van der Waals surface area contributed by atoms with Crippen molar-refractivity contribution in [1.82, 2.24) is 24.7 Å². The topological polar surface area (TPSA) is 105 Å². The quantitative estimate of drug-likeness (QED) is 0.450. The van der Waals surface area contributed by atoms with Crippen LogP contribution in [0.2, 0.25) is 10.0 Å². The fourth-order valence-electron chi connectivity index (χ4n) is 3.87. The molecule has 0 saturated carbocycles. The number of anilines is 2. The minimum Gasteiger partial charge on any atom is -0.353 e. The van der Waals surface area contributed by atoms with E-state index in [4.69, 9.17) is 33.9 Å². The fourth-order valence-corrected chi connectivity index (χ4v) is 4.23. The molecule has 0 radical (unpaired) electrons. The zero-order chi connectivity index (χ0) is 23.4. The highest BCUT2D eigenvalue weighted by molar-refractivity contribution is 6.32. The van der Waals surface area contributed by atoms with Gasteiger partial charge in [0.05, 0.1) is 30.6 Å². The third-order valence-electron chi connectivity index (χ3n) is 5.67. The van der Waals surface area contributed by atoms with Crippen LogP contribution in [0.1, 0.15) is 25.5 Å². The van der Waals surface area contributed by atoms with Crippen molar-refractivity contribution in [3.63, 3.8) is 0 Å². The van der Waals surface area contributed by atoms with Gasteiger partial charge < -0.3 is 25.3 Å². The first-order valence-electron chi connectivity index (χ1n) is 11.1. The van der Waals surface area contributed by atoms with Crippen LogP contribution in [0, 0.1) is 5.92 Å². The maximum atomic E-state index is 12.7. The Morgan fingerprint density at radius 3 is 2.85 bits per heavy atom. The minimum atomic E-state index is -0.128. The number of carbonyl (C=O) groups excluding carboxylic acids is 1. The zero-order valence-electron chi connectivity index (χ0n) is 18.5. The van der Waals surface area contributed by atoms with E-state index in [0.29, 0.717) is 48.0 Å². The van der Waals surface area contributed by atoms with Crippen molar-refractivity contribution < 1.29 is 4.79 Å². The number of rotatable bonds is 10. The fraction of sp³-hybridized carbons (Fsp3) is 0.455. The summed E-state index contributed by atoms with van der Waals surface area (Å²) in [5, 5.41) is 4.12. The average molecular weight is 491 g/mol. The van der Waals surface area contributed by atoms with Gasteiger partial charge in [0.1, 0.15) is 10.7 Å². The lowest BCUT2D eigenvalue weighted by Gasteiger charge is -2.39. The molecule has 3 aromatic rings. The Kier molecular flexibility index (Phi) is 7.52. The van der Waals surface area contributed by atoms with Crippen LogP contribution in [0.25, 0.3) is 5.65 Å². The highest BCUT2D eigenvalue weighted by Gasteiger charge is 2.35. The van der Waals surface area contributed by atoms with E-state index in [2.05, 4.69) is 27.1 Å². The van der Waals surface area contributed by atoms with Gasteiger partial charge in [-0.1, -0.05) is 30.1 Å². The molecule has 0 unspecified atom stereocenters. The first-order valence-corrected chi connectivity index (χ1v) is 11.9. The molecule has 11 heteroatoms. The summed E-state index contributed by atoms with van der Waals surface area (Å²) in [5.74, 6) is 1.18. The van der Waals surface area contributed by atoms with E-state index in [1.807, 2.05) is 15.5 Å². The summed E-state index contributed by atoms with van der Waals surface area (Å²) in [5.41, 5.74) is 7.31. The van der Waals surface area contributed by atoms with Crippen molar-refractivity contribution in [3.8, 4) is 0 Å². The maximum absolute atomic E-state index is 12.7. The van der Waals surface area contributed by atoms with Crippen molar-refractivity contribution in [2.45, 2.75) is 26.3 Å². The van der Waals surface area contributed by atoms with Gasteiger partial charge in [-0.2, -0.15) is 4.98 Å². The highest BCUT2D eigenvalue weighted by atomic mass is 35.5. The second-order valence-electron chi connectivity index (χ2n) is 8.11. The highest BCUT2D eigenvalue weighted by Crippen LogP contribution is 2.30. The molecule has 1 aliphatic heterocycles. The van der Waals surface area contributed by atoms with Crippen LogP contribution >= 0.6 is 23.2 Å². The molecule has 1 fully saturated rings. The molecule has 4 rings (SSSR count). The van der Waals surface area contributed by atoms with Gasteiger partial charge in [0.25, 0.3) is 0 Å². The number of imidazole rings is 1. The van der Waals surface area contributed by atoms with Gasteiger partial charge in [-0.05, 0) is 31.5 Å². The monoisotopic (exact) mass is 490 g/mol. The van der Waals surface area contributed by atoms with E-state index in [1.54, 1.807) is 24.5 Å². The molecule has 0 atom stereocenters. The van der Waals surface area contributed by atoms with E-state index < -0.39 is 0 Å². The standard InChI is InChI=1S/C22H28Cl2N8O/c1-2-6-30(7-3-5-25)22-28-12-18(24)20(29-22)31-13-15(14-31)21(33)27-11-17-10-26-19-9-16(23)4-8-32(17)19/h4,8-10,12,15H,2-3,5-7,11,13-14,25H2,1H3,(H,27,33). The number of hydrogen-bond donors (Lipinski definition) is 2. The summed E-state index contributed by atoms with van der Waals surface area (Å²) >= 11 is 12.4. The first-order chi connectivity index (χ1) is 16.0. The van der Waals surface area contributed by atoms with Crippen LogP contribution < -0.4 is 20.9 Å². The lowest BCUT2D eigenvalue weighted by molar-refractivity contribution is -0.125. The molecular formula is C22H28Cl2N8O. The van der Waals surface area contributed by atoms with Crippen LogP contribution in [-0.2, 0) is 11.3 Å². The number of pyridine rings is 1. The summed E-state index contributed by atoms with van der Waals surface area (Å²) in [6, 6.07) is 3.58. The molecule has 3 N–H and O–H groups in total. The van der Waals surface area contributed by atoms with Crippen LogP contribution in [0.4, 0.5) is 11.8 Å². The largest absolute Gasteiger partial charge is 0.353 e. The van der Waals surface area contributed by atoms with E-state index >= 15 is 0 Å². The third-order valence-corrected chi connectivity index (χ3v) is 6.17. The molecule has 176 valence electrons. The molecule has 0 aliphatic carbocycles. The van der Waals surface area contributed by atoms with Crippen LogP contribution in [0.5, 0.6) is 0 Å². The number of carbonyl (C=O) groups is 1. The molecule has 33 heavy (non-hydrogen) atoms. The van der Waals surface area contributed by atoms with Crippen LogP contribution in [-0.4, -0.2) is 58.0 Å². The Morgan fingerprint density at radius 1 is 1.27 bits per heavy atom. The molecule has 3 aromatic heterocycles. The predicted octanol–water partition coefficient (Wildman–Crippen LogP) is 2.75. The van der Waals surface area contributed by atoms with Gasteiger partial charge in [-0.25, -0.2) is 9.97 Å². The second-order valence-corrected chi connectivity index (χ2v) is 8.96. The second kappa shape index (κ2) is 10.5. The summed E-state index contributed by atoms with van der Waals surface area (Å²) in [4.78, 5) is 30.3. The molecule has 1 amide bonds. The number of halogens is 2. The predicted molar refractivity (Wildman–Crippen MR) is 131 cm³/mol. The van der Waals surface area contributed by atoms with Crippen molar-refractivity contribution in [3.05, 3.63) is 46.5 Å². The van der Waals surface area contributed by atoms with E-state index in [0.717, 1.165) is 37.3 Å². The number of hydrogen-bond acceptors (Lipinski definition) is 7. The third kappa shape index (κ3) is 5.31. The van der Waals surface area contributed by atoms with Gasteiger partial charge in [0.2, 0.25) is 11.9 Å². The summed E-state index contributed by atoms with van der Waals surface area (Å²) in [7, 11) is 0. The maximum Gasteiger partial charge on any atom is 0.227 e. The van der Waals surface area contributed by atoms with Gasteiger partial charge in [0, 0.05) is 37.4 Å². The Morgan fingerprint density at radius 2 is 2.09 bits per heavy atom. The lowest BCUT2D eigenvalue weighted by Crippen LogP contribution is -2.54. The Balaban J connectivity index is 1.35. The van der Waals surface area contributed by atoms with Crippen molar-refractivity contribution >= 4 is 46.5 Å². The zero-order valence-corrected chi connectivity index (χ0v) is 20.1. The lowest BCUT2D eigenvalue weighted by atomic mass is 9.99. The molecule has 9 nitrogen and oxygen atoms in total. The van der Waals surface area contributed by atoms with Crippen molar-refractivity contribution in [2.75, 3.05) is 42.5 Å². The van der Waals surface area contributed by atoms with E-state index in [9.17, 15) is 4.79 Å². The number of nitrogens with two attached hydrogens (primary N) is 1. The molecule has 0 spiro atoms. The van der Waals surface area contributed by atoms with Gasteiger partial charge in [-0.3, -0.25) is 4.79 Å². The summed E-state index contributed by atoms with van der Waals surface area (Å²) in [6.07, 6.45) is 7.08. The van der Waals surface area contributed by atoms with E-state index in [1.165, 1.54) is 0 Å². The van der Waals surface area contributed by atoms with Crippen LogP contribution in [0.3, 0.4) is 0 Å². The molecule has 4 heterocycles. The Hall–Kier alpha value is -2.62. The molecule has 0 aromatic carbocycles. The minimum absolute atomic E-state index is 0.00359. The van der Waals surface area contributed by atoms with Crippen LogP contribution in [0.15, 0.2) is 30.7 Å². The molecule has 1 aliphatic rings. The van der Waals surface area contributed by atoms with Gasteiger partial charge in [0.15, 0.2) is 5.82 Å². The normalized spacial score (nSPS) is 13.9. The number of amides is 1. The van der Waals surface area contributed by atoms with Gasteiger partial charge >= 0.3 is 0 Å². The Labute approximate surface area is 202 Å². The van der Waals surface area contributed by atoms with Crippen molar-refractivity contribution in [1.29, 1.82) is 0 Å². The smallest absolute Gasteiger partial charge is 0.227 e. The number of fused-ring (bicyclic) bond motifs is 1. The summed E-state index contributed by atoms with van der Waals surface area (Å²) in [6.45, 7) is 5.89. The Bertz CT molecular complexity index is 1110. The molecule has 1 saturated heterocycles. The van der Waals surface area contributed by atoms with E-state index in [-0.39, 0.29) is 11.8 Å². The average Bonchev–Trinajstić information content (AvgIpc) is 3.17. The van der Waals surface area contributed by atoms with Gasteiger partial charge in [-0.15, -0.1) is 0 Å². The summed E-state index contributed by atoms with van der Waals surface area (Å²) < 4.78 is 1.91. The first kappa shape index (κ1) is 23.5. The molecule has 0 bridgehead atoms. The number of aromatic nitrogens is 4. The number of nitrogens with zero attached hydrogens (tertiary/aromatic N) is 6.